The van der Waals surface area contributed by atoms with Crippen LogP contribution in [0.4, 0.5) is 0 Å². The first-order valence-electron chi connectivity index (χ1n) is 5.89. The fourth-order valence-corrected chi connectivity index (χ4v) is 2.76. The van der Waals surface area contributed by atoms with Crippen molar-refractivity contribution in [3.8, 4) is 0 Å². The zero-order chi connectivity index (χ0) is 12.1. The smallest absolute Gasteiger partial charge is 0.336 e. The van der Waals surface area contributed by atoms with Crippen molar-refractivity contribution < 1.29 is 14.6 Å². The molecule has 1 aliphatic rings. The summed E-state index contributed by atoms with van der Waals surface area (Å²) >= 11 is 1.49. The van der Waals surface area contributed by atoms with E-state index in [0.717, 1.165) is 31.0 Å². The third-order valence-corrected chi connectivity index (χ3v) is 3.80. The summed E-state index contributed by atoms with van der Waals surface area (Å²) in [5.41, 5.74) is 0.380. The van der Waals surface area contributed by atoms with E-state index < -0.39 is 5.97 Å². The average Bonchev–Trinajstić information content (AvgIpc) is 2.96. The molecule has 2 N–H and O–H groups in total. The molecule has 1 aromatic heterocycles. The molecule has 0 aliphatic carbocycles. The lowest BCUT2D eigenvalue weighted by Gasteiger charge is -2.09. The van der Waals surface area contributed by atoms with Gasteiger partial charge in [0, 0.05) is 23.4 Å². The van der Waals surface area contributed by atoms with E-state index in [1.54, 1.807) is 11.4 Å². The summed E-state index contributed by atoms with van der Waals surface area (Å²) in [6.07, 6.45) is 3.80. The van der Waals surface area contributed by atoms with Gasteiger partial charge in [-0.05, 0) is 31.9 Å². The van der Waals surface area contributed by atoms with Crippen LogP contribution in [0.2, 0.25) is 0 Å². The number of ether oxygens (including phenoxy) is 1. The van der Waals surface area contributed by atoms with Crippen molar-refractivity contribution in [2.45, 2.75) is 31.9 Å². The van der Waals surface area contributed by atoms with Crippen LogP contribution in [0.1, 0.15) is 34.5 Å². The van der Waals surface area contributed by atoms with E-state index in [1.165, 1.54) is 24.2 Å². The molecule has 1 saturated heterocycles. The van der Waals surface area contributed by atoms with Crippen LogP contribution in [-0.4, -0.2) is 30.3 Å². The zero-order valence-corrected chi connectivity index (χ0v) is 10.5. The Labute approximate surface area is 105 Å². The Bertz CT molecular complexity index is 372. The quantitative estimate of drug-likeness (QED) is 0.764. The minimum Gasteiger partial charge on any atom is -0.478 e. The van der Waals surface area contributed by atoms with Crippen LogP contribution in [-0.2, 0) is 11.3 Å². The van der Waals surface area contributed by atoms with Crippen LogP contribution < -0.4 is 5.32 Å². The van der Waals surface area contributed by atoms with Gasteiger partial charge >= 0.3 is 5.97 Å². The van der Waals surface area contributed by atoms with Gasteiger partial charge in [-0.15, -0.1) is 11.3 Å². The number of nitrogens with one attached hydrogen (secondary N) is 1. The Hall–Kier alpha value is -0.910. The highest BCUT2D eigenvalue weighted by atomic mass is 32.1. The Morgan fingerprint density at radius 1 is 1.65 bits per heavy atom. The van der Waals surface area contributed by atoms with Gasteiger partial charge in [-0.1, -0.05) is 0 Å². The molecule has 0 amide bonds. The van der Waals surface area contributed by atoms with Gasteiger partial charge in [0.25, 0.3) is 0 Å². The summed E-state index contributed by atoms with van der Waals surface area (Å²) in [7, 11) is 0. The molecule has 1 atom stereocenters. The monoisotopic (exact) mass is 255 g/mol. The summed E-state index contributed by atoms with van der Waals surface area (Å²) in [5, 5.41) is 13.8. The van der Waals surface area contributed by atoms with Gasteiger partial charge in [0.05, 0.1) is 11.7 Å². The van der Waals surface area contributed by atoms with Crippen LogP contribution in [0.3, 0.4) is 0 Å². The van der Waals surface area contributed by atoms with E-state index in [9.17, 15) is 4.79 Å². The first-order valence-corrected chi connectivity index (χ1v) is 6.76. The molecule has 2 rings (SSSR count). The molecular weight excluding hydrogens is 238 g/mol. The normalized spacial score (nSPS) is 19.6. The number of carboxylic acid groups (broad SMARTS) is 1. The van der Waals surface area contributed by atoms with E-state index in [1.807, 2.05) is 0 Å². The molecule has 1 unspecified atom stereocenters. The van der Waals surface area contributed by atoms with Crippen molar-refractivity contribution in [1.82, 2.24) is 5.32 Å². The molecule has 5 heteroatoms. The number of thiophene rings is 1. The van der Waals surface area contributed by atoms with Crippen molar-refractivity contribution in [3.05, 3.63) is 21.9 Å². The Morgan fingerprint density at radius 2 is 2.53 bits per heavy atom. The molecular formula is C12H17NO3S. The van der Waals surface area contributed by atoms with Gasteiger partial charge in [-0.2, -0.15) is 0 Å². The van der Waals surface area contributed by atoms with Gasteiger partial charge < -0.3 is 15.2 Å². The number of aromatic carboxylic acids is 1. The maximum Gasteiger partial charge on any atom is 0.336 e. The van der Waals surface area contributed by atoms with Crippen LogP contribution in [0, 0.1) is 0 Å². The average molecular weight is 255 g/mol. The van der Waals surface area contributed by atoms with E-state index in [-0.39, 0.29) is 0 Å². The van der Waals surface area contributed by atoms with Gasteiger partial charge in [-0.25, -0.2) is 4.79 Å². The highest BCUT2D eigenvalue weighted by Crippen LogP contribution is 2.16. The van der Waals surface area contributed by atoms with Crippen molar-refractivity contribution >= 4 is 17.3 Å². The van der Waals surface area contributed by atoms with Crippen LogP contribution in [0.25, 0.3) is 0 Å². The summed E-state index contributed by atoms with van der Waals surface area (Å²) in [4.78, 5) is 11.8. The fraction of sp³-hybridized carbons (Fsp3) is 0.583. The first kappa shape index (κ1) is 12.5. The molecule has 2 heterocycles. The molecule has 17 heavy (non-hydrogen) atoms. The predicted octanol–water partition coefficient (Wildman–Crippen LogP) is 2.10. The molecule has 1 aromatic rings. The van der Waals surface area contributed by atoms with Gasteiger partial charge in [0.2, 0.25) is 0 Å². The highest BCUT2D eigenvalue weighted by molar-refractivity contribution is 7.10. The lowest BCUT2D eigenvalue weighted by atomic mass is 10.2. The molecule has 4 nitrogen and oxygen atoms in total. The number of carbonyl (C=O) groups is 1. The maximum absolute atomic E-state index is 10.7. The number of carboxylic acids is 1. The van der Waals surface area contributed by atoms with Crippen LogP contribution >= 0.6 is 11.3 Å². The second kappa shape index (κ2) is 6.14. The van der Waals surface area contributed by atoms with Crippen LogP contribution in [0.5, 0.6) is 0 Å². The largest absolute Gasteiger partial charge is 0.478 e. The second-order valence-corrected chi connectivity index (χ2v) is 5.20. The third-order valence-electron chi connectivity index (χ3n) is 2.87. The Kier molecular flexibility index (Phi) is 4.53. The van der Waals surface area contributed by atoms with Gasteiger partial charge in [0.15, 0.2) is 0 Å². The van der Waals surface area contributed by atoms with E-state index in [4.69, 9.17) is 9.84 Å². The summed E-state index contributed by atoms with van der Waals surface area (Å²) in [5.74, 6) is -0.855. The standard InChI is InChI=1S/C12H17NO3S/c14-12(15)9-6-11(17-8-9)7-13-4-3-10-2-1-5-16-10/h6,8,10,13H,1-5,7H2,(H,14,15). The second-order valence-electron chi connectivity index (χ2n) is 4.21. The van der Waals surface area contributed by atoms with Crippen LogP contribution in [0.15, 0.2) is 11.4 Å². The first-order chi connectivity index (χ1) is 8.25. The molecule has 0 spiro atoms. The molecule has 1 fully saturated rings. The highest BCUT2D eigenvalue weighted by Gasteiger charge is 2.14. The lowest BCUT2D eigenvalue weighted by Crippen LogP contribution is -2.19. The van der Waals surface area contributed by atoms with Gasteiger partial charge in [-0.3, -0.25) is 0 Å². The van der Waals surface area contributed by atoms with Crippen molar-refractivity contribution in [2.24, 2.45) is 0 Å². The molecule has 94 valence electrons. The maximum atomic E-state index is 10.7. The van der Waals surface area contributed by atoms with Gasteiger partial charge in [0.1, 0.15) is 0 Å². The minimum absolute atomic E-state index is 0.380. The fourth-order valence-electron chi connectivity index (χ4n) is 1.93. The molecule has 0 aromatic carbocycles. The van der Waals surface area contributed by atoms with Crippen molar-refractivity contribution in [3.63, 3.8) is 0 Å². The Morgan fingerprint density at radius 3 is 3.18 bits per heavy atom. The van der Waals surface area contributed by atoms with Crippen molar-refractivity contribution in [2.75, 3.05) is 13.2 Å². The molecule has 0 saturated carbocycles. The summed E-state index contributed by atoms with van der Waals surface area (Å²) in [6, 6.07) is 1.73. The molecule has 0 bridgehead atoms. The van der Waals surface area contributed by atoms with Crippen molar-refractivity contribution in [1.29, 1.82) is 0 Å². The number of hydrogen-bond acceptors (Lipinski definition) is 4. The summed E-state index contributed by atoms with van der Waals surface area (Å²) < 4.78 is 5.53. The summed E-state index contributed by atoms with van der Waals surface area (Å²) in [6.45, 7) is 2.56. The minimum atomic E-state index is -0.855. The zero-order valence-electron chi connectivity index (χ0n) is 9.65. The number of hydrogen-bond donors (Lipinski definition) is 2. The molecule has 0 radical (unpaired) electrons. The third kappa shape index (κ3) is 3.80. The Balaban J connectivity index is 1.65. The van der Waals surface area contributed by atoms with E-state index in [0.29, 0.717) is 11.7 Å². The topological polar surface area (TPSA) is 58.6 Å². The number of rotatable bonds is 6. The molecule has 1 aliphatic heterocycles. The predicted molar refractivity (Wildman–Crippen MR) is 66.6 cm³/mol. The SMILES string of the molecule is O=C(O)c1csc(CNCCC2CCCO2)c1. The van der Waals surface area contributed by atoms with E-state index in [2.05, 4.69) is 5.32 Å². The van der Waals surface area contributed by atoms with E-state index >= 15 is 0 Å². The lowest BCUT2D eigenvalue weighted by molar-refractivity contribution is 0.0697.